The number of imide groups is 1. The van der Waals surface area contributed by atoms with Crippen LogP contribution in [0.2, 0.25) is 0 Å². The number of benzene rings is 2. The first kappa shape index (κ1) is 19.4. The Morgan fingerprint density at radius 3 is 2.10 bits per heavy atom. The van der Waals surface area contributed by atoms with Gasteiger partial charge in [0, 0.05) is 13.1 Å². The molecule has 4 nitrogen and oxygen atoms in total. The minimum absolute atomic E-state index is 0.205. The Hall–Kier alpha value is -2.88. The standard InChI is InChI=1S/C25H28N2O2/c1-16-5-8-20(9-6-16)22-23(26-13-11-17(2)12-14-26)25(29)27(24(22)28)21-10-7-18(3)19(4)15-21/h5-10,15,17H,11-14H2,1-4H3. The predicted octanol–water partition coefficient (Wildman–Crippen LogP) is 4.63. The number of likely N-dealkylation sites (tertiary alicyclic amines) is 1. The monoisotopic (exact) mass is 388 g/mol. The number of piperidine rings is 1. The molecular weight excluding hydrogens is 360 g/mol. The first-order valence-corrected chi connectivity index (χ1v) is 10.4. The highest BCUT2D eigenvalue weighted by Crippen LogP contribution is 2.36. The van der Waals surface area contributed by atoms with Crippen LogP contribution in [0, 0.1) is 26.7 Å². The molecule has 150 valence electrons. The number of carbonyl (C=O) groups is 2. The number of hydrogen-bond donors (Lipinski definition) is 0. The van der Waals surface area contributed by atoms with Crippen LogP contribution in [0.25, 0.3) is 5.57 Å². The zero-order valence-corrected chi connectivity index (χ0v) is 17.7. The average Bonchev–Trinajstić information content (AvgIpc) is 2.96. The highest BCUT2D eigenvalue weighted by molar-refractivity contribution is 6.45. The highest BCUT2D eigenvalue weighted by Gasteiger charge is 2.43. The number of hydrogen-bond acceptors (Lipinski definition) is 3. The minimum atomic E-state index is -0.226. The molecule has 1 saturated heterocycles. The van der Waals surface area contributed by atoms with Gasteiger partial charge >= 0.3 is 0 Å². The molecule has 29 heavy (non-hydrogen) atoms. The van der Waals surface area contributed by atoms with Gasteiger partial charge < -0.3 is 4.90 Å². The quantitative estimate of drug-likeness (QED) is 0.720. The summed E-state index contributed by atoms with van der Waals surface area (Å²) in [4.78, 5) is 30.6. The van der Waals surface area contributed by atoms with Gasteiger partial charge in [0.05, 0.1) is 11.3 Å². The normalized spacial score (nSPS) is 18.2. The largest absolute Gasteiger partial charge is 0.366 e. The molecule has 2 aromatic carbocycles. The molecule has 2 aliphatic rings. The topological polar surface area (TPSA) is 40.6 Å². The summed E-state index contributed by atoms with van der Waals surface area (Å²) in [5.74, 6) is 0.219. The zero-order chi connectivity index (χ0) is 20.7. The fourth-order valence-corrected chi connectivity index (χ4v) is 4.12. The molecule has 4 heteroatoms. The Kier molecular flexibility index (Phi) is 5.03. The van der Waals surface area contributed by atoms with E-state index >= 15 is 0 Å². The van der Waals surface area contributed by atoms with Gasteiger partial charge in [0.25, 0.3) is 11.8 Å². The molecular formula is C25H28N2O2. The van der Waals surface area contributed by atoms with Crippen molar-refractivity contribution in [3.05, 3.63) is 70.4 Å². The van der Waals surface area contributed by atoms with Crippen LogP contribution < -0.4 is 4.90 Å². The summed E-state index contributed by atoms with van der Waals surface area (Å²) in [6, 6.07) is 13.7. The molecule has 0 saturated carbocycles. The molecule has 0 radical (unpaired) electrons. The maximum absolute atomic E-state index is 13.5. The van der Waals surface area contributed by atoms with E-state index < -0.39 is 0 Å². The van der Waals surface area contributed by atoms with E-state index in [-0.39, 0.29) is 11.8 Å². The second kappa shape index (κ2) is 7.51. The average molecular weight is 389 g/mol. The molecule has 2 heterocycles. The Morgan fingerprint density at radius 1 is 0.828 bits per heavy atom. The van der Waals surface area contributed by atoms with E-state index in [0.717, 1.165) is 48.2 Å². The second-order valence-corrected chi connectivity index (χ2v) is 8.47. The van der Waals surface area contributed by atoms with E-state index in [0.29, 0.717) is 22.9 Å². The summed E-state index contributed by atoms with van der Waals surface area (Å²) in [5, 5.41) is 0. The smallest absolute Gasteiger partial charge is 0.282 e. The third kappa shape index (κ3) is 3.48. The zero-order valence-electron chi connectivity index (χ0n) is 17.7. The molecule has 0 N–H and O–H groups in total. The number of anilines is 1. The van der Waals surface area contributed by atoms with Crippen molar-refractivity contribution in [2.24, 2.45) is 5.92 Å². The Labute approximate surface area is 172 Å². The summed E-state index contributed by atoms with van der Waals surface area (Å²) in [7, 11) is 0. The first-order valence-electron chi connectivity index (χ1n) is 10.4. The van der Waals surface area contributed by atoms with E-state index in [1.165, 1.54) is 4.90 Å². The molecule has 0 unspecified atom stereocenters. The van der Waals surface area contributed by atoms with E-state index in [4.69, 9.17) is 0 Å². The Morgan fingerprint density at radius 2 is 1.48 bits per heavy atom. The predicted molar refractivity (Wildman–Crippen MR) is 116 cm³/mol. The number of amides is 2. The van der Waals surface area contributed by atoms with Crippen LogP contribution in [-0.2, 0) is 9.59 Å². The summed E-state index contributed by atoms with van der Waals surface area (Å²) in [5.41, 5.74) is 5.89. The van der Waals surface area contributed by atoms with Crippen molar-refractivity contribution >= 4 is 23.1 Å². The lowest BCUT2D eigenvalue weighted by Crippen LogP contribution is -2.38. The molecule has 2 aromatic rings. The van der Waals surface area contributed by atoms with Gasteiger partial charge in [-0.25, -0.2) is 4.90 Å². The molecule has 2 amide bonds. The number of rotatable bonds is 3. The molecule has 0 spiro atoms. The molecule has 0 atom stereocenters. The van der Waals surface area contributed by atoms with Gasteiger partial charge in [-0.3, -0.25) is 9.59 Å². The van der Waals surface area contributed by atoms with Crippen molar-refractivity contribution in [3.8, 4) is 0 Å². The van der Waals surface area contributed by atoms with Gasteiger partial charge in [-0.15, -0.1) is 0 Å². The molecule has 2 aliphatic heterocycles. The lowest BCUT2D eigenvalue weighted by atomic mass is 9.97. The van der Waals surface area contributed by atoms with Crippen molar-refractivity contribution in [1.29, 1.82) is 0 Å². The van der Waals surface area contributed by atoms with Gasteiger partial charge in [-0.2, -0.15) is 0 Å². The lowest BCUT2D eigenvalue weighted by Gasteiger charge is -2.32. The first-order chi connectivity index (χ1) is 13.9. The SMILES string of the molecule is Cc1ccc(C2=C(N3CCC(C)CC3)C(=O)N(c3ccc(C)c(C)c3)C2=O)cc1. The molecule has 0 bridgehead atoms. The maximum Gasteiger partial charge on any atom is 0.282 e. The van der Waals surface area contributed by atoms with Gasteiger partial charge in [0.2, 0.25) is 0 Å². The molecule has 1 fully saturated rings. The minimum Gasteiger partial charge on any atom is -0.366 e. The second-order valence-electron chi connectivity index (χ2n) is 8.47. The molecule has 4 rings (SSSR count). The van der Waals surface area contributed by atoms with Crippen LogP contribution in [0.1, 0.15) is 42.0 Å². The van der Waals surface area contributed by atoms with Crippen molar-refractivity contribution in [3.63, 3.8) is 0 Å². The number of carbonyl (C=O) groups excluding carboxylic acids is 2. The summed E-state index contributed by atoms with van der Waals surface area (Å²) < 4.78 is 0. The number of nitrogens with zero attached hydrogens (tertiary/aromatic N) is 2. The van der Waals surface area contributed by atoms with E-state index in [1.807, 2.05) is 63.2 Å². The fourth-order valence-electron chi connectivity index (χ4n) is 4.12. The highest BCUT2D eigenvalue weighted by atomic mass is 16.2. The Bertz CT molecular complexity index is 996. The third-order valence-corrected chi connectivity index (χ3v) is 6.25. The van der Waals surface area contributed by atoms with Crippen molar-refractivity contribution in [2.75, 3.05) is 18.0 Å². The van der Waals surface area contributed by atoms with Crippen LogP contribution >= 0.6 is 0 Å². The van der Waals surface area contributed by atoms with E-state index in [9.17, 15) is 9.59 Å². The Balaban J connectivity index is 1.81. The van der Waals surface area contributed by atoms with Crippen LogP contribution in [0.3, 0.4) is 0 Å². The summed E-state index contributed by atoms with van der Waals surface area (Å²) in [6.45, 7) is 9.93. The maximum atomic E-state index is 13.5. The van der Waals surface area contributed by atoms with Crippen LogP contribution in [0.15, 0.2) is 48.2 Å². The lowest BCUT2D eigenvalue weighted by molar-refractivity contribution is -0.120. The van der Waals surface area contributed by atoms with E-state index in [2.05, 4.69) is 11.8 Å². The van der Waals surface area contributed by atoms with Crippen LogP contribution in [0.5, 0.6) is 0 Å². The fraction of sp³-hybridized carbons (Fsp3) is 0.360. The third-order valence-electron chi connectivity index (χ3n) is 6.25. The van der Waals surface area contributed by atoms with Gasteiger partial charge in [0.15, 0.2) is 0 Å². The van der Waals surface area contributed by atoms with Gasteiger partial charge in [-0.05, 0) is 68.4 Å². The van der Waals surface area contributed by atoms with Crippen molar-refractivity contribution < 1.29 is 9.59 Å². The molecule has 0 aliphatic carbocycles. The van der Waals surface area contributed by atoms with Crippen LogP contribution in [-0.4, -0.2) is 29.8 Å². The van der Waals surface area contributed by atoms with Crippen molar-refractivity contribution in [2.45, 2.75) is 40.5 Å². The van der Waals surface area contributed by atoms with E-state index in [1.54, 1.807) is 0 Å². The number of aryl methyl sites for hydroxylation is 3. The molecule has 0 aromatic heterocycles. The van der Waals surface area contributed by atoms with Crippen LogP contribution in [0.4, 0.5) is 5.69 Å². The van der Waals surface area contributed by atoms with Gasteiger partial charge in [0.1, 0.15) is 5.70 Å². The summed E-state index contributed by atoms with van der Waals surface area (Å²) in [6.07, 6.45) is 2.07. The van der Waals surface area contributed by atoms with Crippen molar-refractivity contribution in [1.82, 2.24) is 4.90 Å². The summed E-state index contributed by atoms with van der Waals surface area (Å²) >= 11 is 0. The van der Waals surface area contributed by atoms with Gasteiger partial charge in [-0.1, -0.05) is 42.8 Å².